The highest BCUT2D eigenvalue weighted by Crippen LogP contribution is 2.36. The van der Waals surface area contributed by atoms with E-state index in [0.717, 1.165) is 32.2 Å². The maximum Gasteiger partial charge on any atom is 0.223 e. The predicted molar refractivity (Wildman–Crippen MR) is 49.2 cm³/mol. The summed E-state index contributed by atoms with van der Waals surface area (Å²) >= 11 is 0. The first-order chi connectivity index (χ1) is 6.14. The van der Waals surface area contributed by atoms with Crippen molar-refractivity contribution in [3.63, 3.8) is 0 Å². The SMILES string of the molecule is C[C@]12CCCN1C(=O)CCC[C@H]2O. The standard InChI is InChI=1S/C10H17NO2/c1-10-6-3-7-11(10)9(13)5-2-4-8(10)12/h8,12H,2-7H2,1H3/t8-,10-/m1/s1. The van der Waals surface area contributed by atoms with Gasteiger partial charge in [-0.3, -0.25) is 4.79 Å². The molecular weight excluding hydrogens is 166 g/mol. The predicted octanol–water partition coefficient (Wildman–Crippen LogP) is 0.912. The molecule has 2 aliphatic rings. The third-order valence-electron chi connectivity index (χ3n) is 3.57. The van der Waals surface area contributed by atoms with Crippen LogP contribution in [-0.2, 0) is 4.79 Å². The molecule has 2 saturated heterocycles. The molecule has 0 aromatic rings. The summed E-state index contributed by atoms with van der Waals surface area (Å²) in [7, 11) is 0. The van der Waals surface area contributed by atoms with Crippen LogP contribution in [0.5, 0.6) is 0 Å². The molecule has 3 heteroatoms. The fraction of sp³-hybridized carbons (Fsp3) is 0.900. The summed E-state index contributed by atoms with van der Waals surface area (Å²) in [6.45, 7) is 2.86. The normalized spacial score (nSPS) is 40.3. The van der Waals surface area contributed by atoms with Gasteiger partial charge in [0, 0.05) is 13.0 Å². The maximum atomic E-state index is 11.7. The molecule has 0 saturated carbocycles. The van der Waals surface area contributed by atoms with E-state index in [1.165, 1.54) is 0 Å². The van der Waals surface area contributed by atoms with Gasteiger partial charge in [-0.15, -0.1) is 0 Å². The summed E-state index contributed by atoms with van der Waals surface area (Å²) in [5.41, 5.74) is -0.256. The number of amides is 1. The molecule has 1 N–H and O–H groups in total. The molecule has 74 valence electrons. The van der Waals surface area contributed by atoms with Crippen LogP contribution in [-0.4, -0.2) is 34.1 Å². The van der Waals surface area contributed by atoms with Gasteiger partial charge in [0.05, 0.1) is 11.6 Å². The molecule has 3 nitrogen and oxygen atoms in total. The van der Waals surface area contributed by atoms with E-state index >= 15 is 0 Å². The number of aliphatic hydroxyl groups excluding tert-OH is 1. The average molecular weight is 183 g/mol. The van der Waals surface area contributed by atoms with Gasteiger partial charge in [0.25, 0.3) is 0 Å². The zero-order chi connectivity index (χ0) is 9.47. The first-order valence-electron chi connectivity index (χ1n) is 5.13. The Hall–Kier alpha value is -0.570. The van der Waals surface area contributed by atoms with Crippen molar-refractivity contribution < 1.29 is 9.90 Å². The van der Waals surface area contributed by atoms with Crippen LogP contribution in [0.2, 0.25) is 0 Å². The van der Waals surface area contributed by atoms with Crippen molar-refractivity contribution in [2.24, 2.45) is 0 Å². The maximum absolute atomic E-state index is 11.7. The van der Waals surface area contributed by atoms with Crippen LogP contribution in [0, 0.1) is 0 Å². The van der Waals surface area contributed by atoms with Gasteiger partial charge < -0.3 is 10.0 Å². The second-order valence-corrected chi connectivity index (χ2v) is 4.41. The fourth-order valence-electron chi connectivity index (χ4n) is 2.63. The quantitative estimate of drug-likeness (QED) is 0.606. The van der Waals surface area contributed by atoms with Crippen molar-refractivity contribution in [2.75, 3.05) is 6.54 Å². The molecule has 2 atom stereocenters. The Morgan fingerprint density at radius 3 is 3.08 bits per heavy atom. The Morgan fingerprint density at radius 2 is 2.31 bits per heavy atom. The van der Waals surface area contributed by atoms with Crippen LogP contribution in [0.4, 0.5) is 0 Å². The van der Waals surface area contributed by atoms with Gasteiger partial charge >= 0.3 is 0 Å². The minimum atomic E-state index is -0.318. The van der Waals surface area contributed by atoms with E-state index in [9.17, 15) is 9.90 Å². The Morgan fingerprint density at radius 1 is 1.54 bits per heavy atom. The number of hydrogen-bond acceptors (Lipinski definition) is 2. The second kappa shape index (κ2) is 2.98. The Balaban J connectivity index is 2.28. The van der Waals surface area contributed by atoms with Crippen LogP contribution in [0.25, 0.3) is 0 Å². The highest BCUT2D eigenvalue weighted by atomic mass is 16.3. The smallest absolute Gasteiger partial charge is 0.223 e. The van der Waals surface area contributed by atoms with Crippen molar-refractivity contribution in [2.45, 2.75) is 50.7 Å². The molecule has 2 heterocycles. The lowest BCUT2D eigenvalue weighted by atomic mass is 9.90. The van der Waals surface area contributed by atoms with Gasteiger partial charge in [-0.25, -0.2) is 0 Å². The third-order valence-corrected chi connectivity index (χ3v) is 3.57. The van der Waals surface area contributed by atoms with Crippen molar-refractivity contribution in [1.82, 2.24) is 4.90 Å². The van der Waals surface area contributed by atoms with Gasteiger partial charge in [0.15, 0.2) is 0 Å². The number of carbonyl (C=O) groups is 1. The zero-order valence-corrected chi connectivity index (χ0v) is 8.12. The van der Waals surface area contributed by atoms with E-state index in [0.29, 0.717) is 6.42 Å². The summed E-state index contributed by atoms with van der Waals surface area (Å²) in [4.78, 5) is 13.6. The lowest BCUT2D eigenvalue weighted by molar-refractivity contribution is -0.136. The molecule has 0 spiro atoms. The summed E-state index contributed by atoms with van der Waals surface area (Å²) in [5.74, 6) is 0.233. The molecule has 2 rings (SSSR count). The summed E-state index contributed by atoms with van der Waals surface area (Å²) in [6, 6.07) is 0. The van der Waals surface area contributed by atoms with Gasteiger partial charge in [-0.2, -0.15) is 0 Å². The first-order valence-corrected chi connectivity index (χ1v) is 5.13. The van der Waals surface area contributed by atoms with Crippen molar-refractivity contribution in [1.29, 1.82) is 0 Å². The third kappa shape index (κ3) is 1.26. The molecule has 0 aliphatic carbocycles. The van der Waals surface area contributed by atoms with Crippen LogP contribution in [0.1, 0.15) is 39.0 Å². The molecule has 0 unspecified atom stereocenters. The molecular formula is C10H17NO2. The van der Waals surface area contributed by atoms with Gasteiger partial charge in [-0.05, 0) is 32.6 Å². The summed E-state index contributed by atoms with van der Waals surface area (Å²) in [5, 5.41) is 9.94. The topological polar surface area (TPSA) is 40.5 Å². The monoisotopic (exact) mass is 183 g/mol. The minimum absolute atomic E-state index is 0.233. The highest BCUT2D eigenvalue weighted by molar-refractivity contribution is 5.77. The molecule has 13 heavy (non-hydrogen) atoms. The van der Waals surface area contributed by atoms with E-state index in [-0.39, 0.29) is 17.6 Å². The molecule has 0 aromatic heterocycles. The summed E-state index contributed by atoms with van der Waals surface area (Å²) in [6.07, 6.45) is 3.91. The number of nitrogens with zero attached hydrogens (tertiary/aromatic N) is 1. The van der Waals surface area contributed by atoms with E-state index in [1.807, 2.05) is 11.8 Å². The number of hydrogen-bond donors (Lipinski definition) is 1. The van der Waals surface area contributed by atoms with Crippen LogP contribution < -0.4 is 0 Å². The average Bonchev–Trinajstić information content (AvgIpc) is 2.44. The van der Waals surface area contributed by atoms with Crippen molar-refractivity contribution in [3.05, 3.63) is 0 Å². The lowest BCUT2D eigenvalue weighted by Crippen LogP contribution is -2.51. The molecule has 0 bridgehead atoms. The fourth-order valence-corrected chi connectivity index (χ4v) is 2.63. The number of fused-ring (bicyclic) bond motifs is 1. The Kier molecular flexibility index (Phi) is 2.06. The van der Waals surface area contributed by atoms with Crippen LogP contribution >= 0.6 is 0 Å². The molecule has 2 aliphatic heterocycles. The first kappa shape index (κ1) is 9.00. The number of aliphatic hydroxyl groups is 1. The largest absolute Gasteiger partial charge is 0.391 e. The summed E-state index contributed by atoms with van der Waals surface area (Å²) < 4.78 is 0. The van der Waals surface area contributed by atoms with E-state index in [2.05, 4.69) is 0 Å². The number of carbonyl (C=O) groups excluding carboxylic acids is 1. The molecule has 0 radical (unpaired) electrons. The highest BCUT2D eigenvalue weighted by Gasteiger charge is 2.45. The molecule has 2 fully saturated rings. The van der Waals surface area contributed by atoms with Gasteiger partial charge in [0.1, 0.15) is 0 Å². The van der Waals surface area contributed by atoms with Crippen LogP contribution in [0.3, 0.4) is 0 Å². The van der Waals surface area contributed by atoms with E-state index in [4.69, 9.17) is 0 Å². The van der Waals surface area contributed by atoms with Gasteiger partial charge in [0.2, 0.25) is 5.91 Å². The Bertz CT molecular complexity index is 229. The van der Waals surface area contributed by atoms with Crippen molar-refractivity contribution >= 4 is 5.91 Å². The van der Waals surface area contributed by atoms with E-state index in [1.54, 1.807) is 0 Å². The van der Waals surface area contributed by atoms with Crippen LogP contribution in [0.15, 0.2) is 0 Å². The van der Waals surface area contributed by atoms with Gasteiger partial charge in [-0.1, -0.05) is 0 Å². The minimum Gasteiger partial charge on any atom is -0.391 e. The second-order valence-electron chi connectivity index (χ2n) is 4.41. The molecule has 0 aromatic carbocycles. The number of rotatable bonds is 0. The van der Waals surface area contributed by atoms with E-state index < -0.39 is 0 Å². The van der Waals surface area contributed by atoms with Crippen molar-refractivity contribution in [3.8, 4) is 0 Å². The lowest BCUT2D eigenvalue weighted by Gasteiger charge is -2.37. The zero-order valence-electron chi connectivity index (χ0n) is 8.12. The Labute approximate surface area is 78.7 Å². The molecule has 1 amide bonds.